The minimum Gasteiger partial charge on any atom is -0.497 e. The standard InChI is InChI=1S/C19H20BrNO5/c1-13(19(23)21-15-5-3-14(20)4-6-15)26-18(22)11-12-25-17-9-7-16(24-2)8-10-17/h3-10,13H,11-12H2,1-2H3,(H,21,23). The maximum absolute atomic E-state index is 12.0. The lowest BCUT2D eigenvalue weighted by molar-refractivity contribution is -0.153. The first kappa shape index (κ1) is 19.8. The summed E-state index contributed by atoms with van der Waals surface area (Å²) in [5, 5.41) is 2.69. The molecule has 0 bridgehead atoms. The van der Waals surface area contributed by atoms with Crippen LogP contribution in [0.5, 0.6) is 11.5 Å². The lowest BCUT2D eigenvalue weighted by atomic mass is 10.3. The van der Waals surface area contributed by atoms with Gasteiger partial charge in [0.05, 0.1) is 20.1 Å². The maximum Gasteiger partial charge on any atom is 0.310 e. The molecule has 0 saturated heterocycles. The molecule has 1 unspecified atom stereocenters. The Morgan fingerprint density at radius 1 is 1.04 bits per heavy atom. The zero-order valence-electron chi connectivity index (χ0n) is 14.5. The second-order valence-corrected chi connectivity index (χ2v) is 6.32. The third-order valence-electron chi connectivity index (χ3n) is 3.42. The molecule has 26 heavy (non-hydrogen) atoms. The van der Waals surface area contributed by atoms with Gasteiger partial charge in [-0.1, -0.05) is 15.9 Å². The highest BCUT2D eigenvalue weighted by molar-refractivity contribution is 9.10. The molecular weight excluding hydrogens is 402 g/mol. The van der Waals surface area contributed by atoms with Gasteiger partial charge >= 0.3 is 5.97 Å². The smallest absolute Gasteiger partial charge is 0.310 e. The fourth-order valence-corrected chi connectivity index (χ4v) is 2.28. The molecule has 0 aliphatic heterocycles. The molecule has 7 heteroatoms. The fraction of sp³-hybridized carbons (Fsp3) is 0.263. The second kappa shape index (κ2) is 9.82. The summed E-state index contributed by atoms with van der Waals surface area (Å²) in [4.78, 5) is 23.9. The van der Waals surface area contributed by atoms with Crippen molar-refractivity contribution >= 4 is 33.5 Å². The molecule has 6 nitrogen and oxygen atoms in total. The van der Waals surface area contributed by atoms with Crippen LogP contribution in [-0.4, -0.2) is 31.7 Å². The van der Waals surface area contributed by atoms with E-state index in [1.165, 1.54) is 6.92 Å². The molecule has 0 fully saturated rings. The van der Waals surface area contributed by atoms with E-state index in [9.17, 15) is 9.59 Å². The Morgan fingerprint density at radius 3 is 2.27 bits per heavy atom. The largest absolute Gasteiger partial charge is 0.497 e. The Hall–Kier alpha value is -2.54. The number of nitrogens with one attached hydrogen (secondary N) is 1. The average Bonchev–Trinajstić information content (AvgIpc) is 2.64. The molecular formula is C19H20BrNO5. The molecule has 0 heterocycles. The zero-order chi connectivity index (χ0) is 18.9. The van der Waals surface area contributed by atoms with Crippen molar-refractivity contribution in [3.63, 3.8) is 0 Å². The quantitative estimate of drug-likeness (QED) is 0.656. The van der Waals surface area contributed by atoms with Crippen LogP contribution in [0.15, 0.2) is 53.0 Å². The molecule has 0 radical (unpaired) electrons. The first-order valence-corrected chi connectivity index (χ1v) is 8.80. The highest BCUT2D eigenvalue weighted by atomic mass is 79.9. The summed E-state index contributed by atoms with van der Waals surface area (Å²) in [5.74, 6) is 0.454. The number of halogens is 1. The van der Waals surface area contributed by atoms with E-state index in [0.29, 0.717) is 11.4 Å². The maximum atomic E-state index is 12.0. The van der Waals surface area contributed by atoms with Gasteiger partial charge in [-0.3, -0.25) is 9.59 Å². The Balaban J connectivity index is 1.71. The Kier molecular flexibility index (Phi) is 7.47. The topological polar surface area (TPSA) is 73.9 Å². The monoisotopic (exact) mass is 421 g/mol. The Morgan fingerprint density at radius 2 is 1.65 bits per heavy atom. The van der Waals surface area contributed by atoms with Crippen molar-refractivity contribution in [1.29, 1.82) is 0 Å². The van der Waals surface area contributed by atoms with Gasteiger partial charge in [0.25, 0.3) is 5.91 Å². The van der Waals surface area contributed by atoms with E-state index in [-0.39, 0.29) is 13.0 Å². The number of esters is 1. The van der Waals surface area contributed by atoms with E-state index >= 15 is 0 Å². The van der Waals surface area contributed by atoms with Gasteiger partial charge in [-0.25, -0.2) is 0 Å². The van der Waals surface area contributed by atoms with Crippen molar-refractivity contribution in [3.05, 3.63) is 53.0 Å². The molecule has 0 aliphatic carbocycles. The zero-order valence-corrected chi connectivity index (χ0v) is 16.1. The molecule has 0 saturated carbocycles. The van der Waals surface area contributed by atoms with Gasteiger partial charge < -0.3 is 19.5 Å². The van der Waals surface area contributed by atoms with Crippen LogP contribution in [0.25, 0.3) is 0 Å². The number of methoxy groups -OCH3 is 1. The van der Waals surface area contributed by atoms with Crippen LogP contribution < -0.4 is 14.8 Å². The lowest BCUT2D eigenvalue weighted by Gasteiger charge is -2.14. The molecule has 2 aromatic carbocycles. The van der Waals surface area contributed by atoms with Gasteiger partial charge in [0.15, 0.2) is 6.10 Å². The third kappa shape index (κ3) is 6.40. The number of amides is 1. The molecule has 0 aromatic heterocycles. The molecule has 2 aromatic rings. The molecule has 0 aliphatic rings. The number of carbonyl (C=O) groups is 2. The van der Waals surface area contributed by atoms with Gasteiger partial charge in [-0.05, 0) is 55.5 Å². The van der Waals surface area contributed by atoms with E-state index < -0.39 is 18.0 Å². The molecule has 1 atom stereocenters. The lowest BCUT2D eigenvalue weighted by Crippen LogP contribution is -2.30. The van der Waals surface area contributed by atoms with Crippen molar-refractivity contribution in [2.45, 2.75) is 19.4 Å². The SMILES string of the molecule is COc1ccc(OCCC(=O)OC(C)C(=O)Nc2ccc(Br)cc2)cc1. The predicted molar refractivity (Wildman–Crippen MR) is 101 cm³/mol. The Labute approximate surface area is 160 Å². The minimum absolute atomic E-state index is 0.0436. The van der Waals surface area contributed by atoms with E-state index in [4.69, 9.17) is 14.2 Å². The van der Waals surface area contributed by atoms with Crippen LogP contribution >= 0.6 is 15.9 Å². The number of carbonyl (C=O) groups excluding carboxylic acids is 2. The number of benzene rings is 2. The summed E-state index contributed by atoms with van der Waals surface area (Å²) in [6, 6.07) is 14.1. The van der Waals surface area contributed by atoms with E-state index in [2.05, 4.69) is 21.2 Å². The van der Waals surface area contributed by atoms with Crippen molar-refractivity contribution in [2.24, 2.45) is 0 Å². The number of anilines is 1. The first-order valence-electron chi connectivity index (χ1n) is 8.00. The molecule has 2 rings (SSSR count). The first-order chi connectivity index (χ1) is 12.5. The molecule has 1 amide bonds. The van der Waals surface area contributed by atoms with Gasteiger partial charge in [-0.15, -0.1) is 0 Å². The molecule has 138 valence electrons. The van der Waals surface area contributed by atoms with Crippen LogP contribution in [0.3, 0.4) is 0 Å². The van der Waals surface area contributed by atoms with Crippen molar-refractivity contribution < 1.29 is 23.8 Å². The highest BCUT2D eigenvalue weighted by Crippen LogP contribution is 2.17. The number of ether oxygens (including phenoxy) is 3. The second-order valence-electron chi connectivity index (χ2n) is 5.40. The summed E-state index contributed by atoms with van der Waals surface area (Å²) >= 11 is 3.32. The van der Waals surface area contributed by atoms with Gasteiger partial charge in [0.1, 0.15) is 11.5 Å². The van der Waals surface area contributed by atoms with Gasteiger partial charge in [0.2, 0.25) is 0 Å². The number of hydrogen-bond acceptors (Lipinski definition) is 5. The predicted octanol–water partition coefficient (Wildman–Crippen LogP) is 3.80. The minimum atomic E-state index is -0.896. The van der Waals surface area contributed by atoms with Crippen LogP contribution in [0.1, 0.15) is 13.3 Å². The van der Waals surface area contributed by atoms with Crippen molar-refractivity contribution in [1.82, 2.24) is 0 Å². The third-order valence-corrected chi connectivity index (χ3v) is 3.95. The van der Waals surface area contributed by atoms with E-state index in [1.807, 2.05) is 12.1 Å². The van der Waals surface area contributed by atoms with Gasteiger partial charge in [-0.2, -0.15) is 0 Å². The van der Waals surface area contributed by atoms with Gasteiger partial charge in [0, 0.05) is 10.2 Å². The van der Waals surface area contributed by atoms with Crippen LogP contribution in [0, 0.1) is 0 Å². The molecule has 0 spiro atoms. The van der Waals surface area contributed by atoms with Crippen LogP contribution in [-0.2, 0) is 14.3 Å². The van der Waals surface area contributed by atoms with E-state index in [0.717, 1.165) is 10.2 Å². The highest BCUT2D eigenvalue weighted by Gasteiger charge is 2.18. The summed E-state index contributed by atoms with van der Waals surface area (Å²) in [5.41, 5.74) is 0.629. The number of hydrogen-bond donors (Lipinski definition) is 1. The van der Waals surface area contributed by atoms with E-state index in [1.54, 1.807) is 43.5 Å². The van der Waals surface area contributed by atoms with Crippen molar-refractivity contribution in [3.8, 4) is 11.5 Å². The van der Waals surface area contributed by atoms with Crippen LogP contribution in [0.2, 0.25) is 0 Å². The normalized spacial score (nSPS) is 11.3. The summed E-state index contributed by atoms with van der Waals surface area (Å²) in [7, 11) is 1.58. The van der Waals surface area contributed by atoms with Crippen molar-refractivity contribution in [2.75, 3.05) is 19.0 Å². The number of rotatable bonds is 8. The summed E-state index contributed by atoms with van der Waals surface area (Å²) in [6.45, 7) is 1.68. The molecule has 1 N–H and O–H groups in total. The summed E-state index contributed by atoms with van der Waals surface area (Å²) < 4.78 is 16.6. The summed E-state index contributed by atoms with van der Waals surface area (Å²) in [6.07, 6.45) is -0.853. The fourth-order valence-electron chi connectivity index (χ4n) is 2.01. The average molecular weight is 422 g/mol. The Bertz CT molecular complexity index is 731. The van der Waals surface area contributed by atoms with Crippen LogP contribution in [0.4, 0.5) is 5.69 Å².